The second-order valence-corrected chi connectivity index (χ2v) is 6.17. The van der Waals surface area contributed by atoms with Gasteiger partial charge in [-0.05, 0) is 30.5 Å². The van der Waals surface area contributed by atoms with E-state index in [4.69, 9.17) is 0 Å². The molecule has 1 N–H and O–H groups in total. The van der Waals surface area contributed by atoms with Crippen LogP contribution in [-0.2, 0) is 6.18 Å². The smallest absolute Gasteiger partial charge is 0.418 e. The zero-order chi connectivity index (χ0) is 18.2. The van der Waals surface area contributed by atoms with Crippen molar-refractivity contribution in [1.29, 1.82) is 0 Å². The number of nitrogens with zero attached hydrogens (tertiary/aromatic N) is 1. The predicted octanol–water partition coefficient (Wildman–Crippen LogP) is 5.34. The Morgan fingerprint density at radius 3 is 2.36 bits per heavy atom. The molecule has 3 rings (SSSR count). The quantitative estimate of drug-likeness (QED) is 0.638. The van der Waals surface area contributed by atoms with Crippen LogP contribution in [0.2, 0.25) is 0 Å². The molecule has 0 aliphatic rings. The van der Waals surface area contributed by atoms with Crippen LogP contribution in [0.4, 0.5) is 13.2 Å². The molecule has 0 aliphatic carbocycles. The zero-order valence-electron chi connectivity index (χ0n) is 13.0. The highest BCUT2D eigenvalue weighted by Gasteiger charge is 2.34. The number of carbonyl (C=O) groups is 1. The van der Waals surface area contributed by atoms with Crippen molar-refractivity contribution in [3.05, 3.63) is 59.7 Å². The molecule has 2 aromatic carbocycles. The van der Waals surface area contributed by atoms with E-state index in [9.17, 15) is 23.1 Å². The number of fused-ring (bicyclic) bond motifs is 1. The number of aromatic nitrogens is 1. The van der Waals surface area contributed by atoms with Crippen molar-refractivity contribution in [2.75, 3.05) is 6.26 Å². The van der Waals surface area contributed by atoms with Crippen molar-refractivity contribution in [3.8, 4) is 11.3 Å². The maximum absolute atomic E-state index is 13.3. The molecule has 0 aliphatic heterocycles. The van der Waals surface area contributed by atoms with Crippen LogP contribution in [0, 0.1) is 0 Å². The third-order valence-corrected chi connectivity index (χ3v) is 4.50. The third-order valence-electron chi connectivity index (χ3n) is 3.76. The van der Waals surface area contributed by atoms with Gasteiger partial charge in [-0.15, -0.1) is 11.8 Å². The van der Waals surface area contributed by atoms with E-state index in [1.165, 1.54) is 30.0 Å². The third kappa shape index (κ3) is 3.32. The van der Waals surface area contributed by atoms with Crippen LogP contribution in [0.3, 0.4) is 0 Å². The number of rotatable bonds is 3. The largest absolute Gasteiger partial charge is 0.478 e. The second-order valence-electron chi connectivity index (χ2n) is 5.29. The first-order valence-electron chi connectivity index (χ1n) is 7.20. The summed E-state index contributed by atoms with van der Waals surface area (Å²) in [6, 6.07) is 11.8. The maximum Gasteiger partial charge on any atom is 0.418 e. The number of carboxylic acids is 1. The summed E-state index contributed by atoms with van der Waals surface area (Å²) in [4.78, 5) is 16.7. The monoisotopic (exact) mass is 363 g/mol. The summed E-state index contributed by atoms with van der Waals surface area (Å²) in [6.07, 6.45) is -2.72. The molecule has 0 radical (unpaired) electrons. The van der Waals surface area contributed by atoms with E-state index in [2.05, 4.69) is 4.98 Å². The highest BCUT2D eigenvalue weighted by atomic mass is 32.2. The molecular formula is C18H12F3NO2S. The van der Waals surface area contributed by atoms with Crippen molar-refractivity contribution >= 4 is 28.6 Å². The molecule has 1 aromatic heterocycles. The first-order valence-corrected chi connectivity index (χ1v) is 8.42. The molecule has 0 bridgehead atoms. The number of thioether (sulfide) groups is 1. The topological polar surface area (TPSA) is 50.2 Å². The van der Waals surface area contributed by atoms with Crippen molar-refractivity contribution in [3.63, 3.8) is 0 Å². The van der Waals surface area contributed by atoms with Gasteiger partial charge in [-0.25, -0.2) is 9.78 Å². The Balaban J connectivity index is 2.31. The summed E-state index contributed by atoms with van der Waals surface area (Å²) in [7, 11) is 0. The maximum atomic E-state index is 13.3. The van der Waals surface area contributed by atoms with Gasteiger partial charge < -0.3 is 5.11 Å². The normalized spacial score (nSPS) is 11.7. The Hall–Kier alpha value is -2.54. The molecule has 0 unspecified atom stereocenters. The molecule has 7 heteroatoms. The van der Waals surface area contributed by atoms with Crippen molar-refractivity contribution in [2.24, 2.45) is 0 Å². The molecule has 0 spiro atoms. The highest BCUT2D eigenvalue weighted by molar-refractivity contribution is 7.98. The molecule has 0 saturated carbocycles. The van der Waals surface area contributed by atoms with Crippen LogP contribution in [-0.4, -0.2) is 22.3 Å². The fourth-order valence-corrected chi connectivity index (χ4v) is 2.97. The number of hydrogen-bond donors (Lipinski definition) is 1. The number of benzene rings is 2. The van der Waals surface area contributed by atoms with Gasteiger partial charge in [-0.2, -0.15) is 13.2 Å². The van der Waals surface area contributed by atoms with Gasteiger partial charge in [0.15, 0.2) is 0 Å². The fraction of sp³-hybridized carbons (Fsp3) is 0.111. The number of alkyl halides is 3. The van der Waals surface area contributed by atoms with Crippen LogP contribution >= 0.6 is 11.8 Å². The van der Waals surface area contributed by atoms with Crippen LogP contribution in [0.5, 0.6) is 0 Å². The van der Waals surface area contributed by atoms with Crippen LogP contribution in [0.25, 0.3) is 22.2 Å². The molecule has 3 aromatic rings. The Labute approximate surface area is 145 Å². The predicted molar refractivity (Wildman–Crippen MR) is 90.9 cm³/mol. The summed E-state index contributed by atoms with van der Waals surface area (Å²) in [6.45, 7) is 0. The Kier molecular flexibility index (Phi) is 4.43. The van der Waals surface area contributed by atoms with Gasteiger partial charge >= 0.3 is 12.1 Å². The van der Waals surface area contributed by atoms with E-state index in [1.807, 2.05) is 18.4 Å². The summed E-state index contributed by atoms with van der Waals surface area (Å²) >= 11 is 1.53. The lowest BCUT2D eigenvalue weighted by atomic mass is 10.0. The first kappa shape index (κ1) is 17.3. The lowest BCUT2D eigenvalue weighted by Crippen LogP contribution is -2.09. The Bertz CT molecular complexity index is 953. The van der Waals surface area contributed by atoms with E-state index >= 15 is 0 Å². The van der Waals surface area contributed by atoms with E-state index in [1.54, 1.807) is 12.1 Å². The van der Waals surface area contributed by atoms with Crippen molar-refractivity contribution in [2.45, 2.75) is 11.1 Å². The van der Waals surface area contributed by atoms with Gasteiger partial charge in [-0.3, -0.25) is 0 Å². The van der Waals surface area contributed by atoms with E-state index in [-0.39, 0.29) is 22.2 Å². The molecule has 0 saturated heterocycles. The SMILES string of the molecule is CSc1ccc(-c2cc(C(=O)O)c3cccc(C(F)(F)F)c3n2)cc1. The molecular weight excluding hydrogens is 351 g/mol. The number of halogens is 3. The van der Waals surface area contributed by atoms with Gasteiger partial charge in [0.05, 0.1) is 22.3 Å². The Morgan fingerprint density at radius 1 is 1.12 bits per heavy atom. The summed E-state index contributed by atoms with van der Waals surface area (Å²) in [5, 5.41) is 9.38. The summed E-state index contributed by atoms with van der Waals surface area (Å²) in [5.74, 6) is -1.30. The average molecular weight is 363 g/mol. The van der Waals surface area contributed by atoms with Crippen LogP contribution in [0.1, 0.15) is 15.9 Å². The van der Waals surface area contributed by atoms with Gasteiger partial charge in [0.2, 0.25) is 0 Å². The number of hydrogen-bond acceptors (Lipinski definition) is 3. The van der Waals surface area contributed by atoms with E-state index in [0.29, 0.717) is 5.56 Å². The summed E-state index contributed by atoms with van der Waals surface area (Å²) < 4.78 is 39.9. The molecule has 0 fully saturated rings. The zero-order valence-corrected chi connectivity index (χ0v) is 13.8. The molecule has 3 nitrogen and oxygen atoms in total. The van der Waals surface area contributed by atoms with E-state index in [0.717, 1.165) is 11.0 Å². The summed E-state index contributed by atoms with van der Waals surface area (Å²) in [5.41, 5.74) is -0.776. The average Bonchev–Trinajstić information content (AvgIpc) is 2.59. The van der Waals surface area contributed by atoms with Crippen molar-refractivity contribution in [1.82, 2.24) is 4.98 Å². The van der Waals surface area contributed by atoms with Crippen LogP contribution in [0.15, 0.2) is 53.4 Å². The highest BCUT2D eigenvalue weighted by Crippen LogP contribution is 2.36. The van der Waals surface area contributed by atoms with E-state index < -0.39 is 17.7 Å². The molecule has 25 heavy (non-hydrogen) atoms. The number of carboxylic acid groups (broad SMARTS) is 1. The minimum Gasteiger partial charge on any atom is -0.478 e. The standard InChI is InChI=1S/C18H12F3NO2S/c1-25-11-7-5-10(6-8-11)15-9-13(17(23)24)12-3-2-4-14(16(12)22-15)18(19,20)21/h2-9H,1H3,(H,23,24). The molecule has 0 atom stereocenters. The second kappa shape index (κ2) is 6.40. The van der Waals surface area contributed by atoms with Gasteiger partial charge in [0, 0.05) is 15.8 Å². The fourth-order valence-electron chi connectivity index (χ4n) is 2.56. The van der Waals surface area contributed by atoms with Gasteiger partial charge in [0.25, 0.3) is 0 Å². The number of aromatic carboxylic acids is 1. The minimum absolute atomic E-state index is 0.0354. The minimum atomic E-state index is -4.62. The molecule has 128 valence electrons. The number of pyridine rings is 1. The Morgan fingerprint density at radius 2 is 1.80 bits per heavy atom. The first-order chi connectivity index (χ1) is 11.8. The van der Waals surface area contributed by atoms with Gasteiger partial charge in [-0.1, -0.05) is 24.3 Å². The lowest BCUT2D eigenvalue weighted by molar-refractivity contribution is -0.136. The number of para-hydroxylation sites is 1. The van der Waals surface area contributed by atoms with Crippen molar-refractivity contribution < 1.29 is 23.1 Å². The van der Waals surface area contributed by atoms with Crippen LogP contribution < -0.4 is 0 Å². The molecule has 1 heterocycles. The molecule has 0 amide bonds. The lowest BCUT2D eigenvalue weighted by Gasteiger charge is -2.13. The van der Waals surface area contributed by atoms with Gasteiger partial charge in [0.1, 0.15) is 0 Å².